The van der Waals surface area contributed by atoms with Crippen molar-refractivity contribution in [2.75, 3.05) is 32.7 Å². The number of carbonyl (C=O) groups is 1. The van der Waals surface area contributed by atoms with E-state index in [1.807, 2.05) is 0 Å². The molecule has 11 heteroatoms. The van der Waals surface area contributed by atoms with Crippen molar-refractivity contribution < 1.29 is 18.0 Å². The summed E-state index contributed by atoms with van der Waals surface area (Å²) < 4.78 is 41.3. The van der Waals surface area contributed by atoms with Crippen LogP contribution in [0.2, 0.25) is 0 Å². The second-order valence-corrected chi connectivity index (χ2v) is 6.66. The lowest BCUT2D eigenvalue weighted by molar-refractivity contribution is -0.184. The van der Waals surface area contributed by atoms with Crippen molar-refractivity contribution in [3.8, 4) is 0 Å². The molecule has 160 valence electrons. The second-order valence-electron chi connectivity index (χ2n) is 6.66. The first kappa shape index (κ1) is 23.1. The van der Waals surface area contributed by atoms with Gasteiger partial charge >= 0.3 is 6.18 Å². The molecular weight excluding hydrogens is 411 g/mol. The first-order valence-corrected chi connectivity index (χ1v) is 9.08. The highest BCUT2D eigenvalue weighted by Crippen LogP contribution is 2.24. The smallest absolute Gasteiger partial charge is 0.354 e. The maximum Gasteiger partial charge on any atom is 0.405 e. The summed E-state index contributed by atoms with van der Waals surface area (Å²) in [7, 11) is 0. The van der Waals surface area contributed by atoms with Crippen LogP contribution >= 0.6 is 12.4 Å². The third kappa shape index (κ3) is 5.91. The van der Waals surface area contributed by atoms with E-state index in [1.165, 1.54) is 15.8 Å². The number of amides is 1. The molecular formula is C18H23ClF3N5O2. The molecule has 0 bridgehead atoms. The van der Waals surface area contributed by atoms with Crippen molar-refractivity contribution >= 4 is 29.2 Å². The minimum atomic E-state index is -4.43. The van der Waals surface area contributed by atoms with Gasteiger partial charge in [0.15, 0.2) is 0 Å². The zero-order valence-corrected chi connectivity index (χ0v) is 16.4. The first-order chi connectivity index (χ1) is 13.4. The third-order valence-electron chi connectivity index (χ3n) is 4.77. The summed E-state index contributed by atoms with van der Waals surface area (Å²) in [5.74, 6) is -0.538. The fraction of sp³-hybridized carbons (Fsp3) is 0.500. The van der Waals surface area contributed by atoms with Crippen molar-refractivity contribution in [1.29, 1.82) is 0 Å². The van der Waals surface area contributed by atoms with E-state index in [4.69, 9.17) is 0 Å². The molecule has 29 heavy (non-hydrogen) atoms. The van der Waals surface area contributed by atoms with E-state index >= 15 is 0 Å². The highest BCUT2D eigenvalue weighted by molar-refractivity contribution is 5.85. The van der Waals surface area contributed by atoms with Crippen molar-refractivity contribution in [3.63, 3.8) is 0 Å². The van der Waals surface area contributed by atoms with Crippen molar-refractivity contribution in [1.82, 2.24) is 25.1 Å². The van der Waals surface area contributed by atoms with Gasteiger partial charge in [0, 0.05) is 45.7 Å². The van der Waals surface area contributed by atoms with Crippen LogP contribution in [0.1, 0.15) is 6.42 Å². The van der Waals surface area contributed by atoms with Gasteiger partial charge in [-0.3, -0.25) is 19.1 Å². The van der Waals surface area contributed by atoms with Crippen LogP contribution in [0.3, 0.4) is 0 Å². The van der Waals surface area contributed by atoms with E-state index in [2.05, 4.69) is 15.6 Å². The van der Waals surface area contributed by atoms with E-state index in [0.717, 1.165) is 0 Å². The number of hydrogen-bond donors (Lipinski definition) is 2. The topological polar surface area (TPSA) is 79.3 Å². The molecule has 2 N–H and O–H groups in total. The highest BCUT2D eigenvalue weighted by Gasteiger charge is 2.43. The van der Waals surface area contributed by atoms with Crippen LogP contribution in [-0.2, 0) is 11.3 Å². The zero-order chi connectivity index (χ0) is 20.1. The Morgan fingerprint density at radius 3 is 2.62 bits per heavy atom. The SMILES string of the molecule is Cl.O=C(CCn1cnc2ccccc2c1=O)NCC(N1CCNCC1)C(F)(F)F. The molecule has 1 aromatic heterocycles. The Bertz CT molecular complexity index is 884. The molecule has 2 aromatic rings. The monoisotopic (exact) mass is 433 g/mol. The molecule has 0 saturated carbocycles. The summed E-state index contributed by atoms with van der Waals surface area (Å²) in [5.41, 5.74) is 0.268. The molecule has 0 aliphatic carbocycles. The maximum absolute atomic E-state index is 13.3. The van der Waals surface area contributed by atoms with Gasteiger partial charge in [-0.1, -0.05) is 12.1 Å². The number of alkyl halides is 3. The number of nitrogens with zero attached hydrogens (tertiary/aromatic N) is 3. The molecule has 2 heterocycles. The second kappa shape index (κ2) is 10.0. The number of aryl methyl sites for hydroxylation is 1. The molecule has 1 aromatic carbocycles. The molecule has 0 spiro atoms. The van der Waals surface area contributed by atoms with Crippen LogP contribution in [0.5, 0.6) is 0 Å². The minimum absolute atomic E-state index is 0. The van der Waals surface area contributed by atoms with E-state index in [9.17, 15) is 22.8 Å². The van der Waals surface area contributed by atoms with Gasteiger partial charge in [0.1, 0.15) is 6.04 Å². The van der Waals surface area contributed by atoms with Gasteiger partial charge in [-0.25, -0.2) is 4.98 Å². The van der Waals surface area contributed by atoms with E-state index in [0.29, 0.717) is 24.0 Å². The molecule has 0 radical (unpaired) electrons. The molecule has 3 rings (SSSR count). The average Bonchev–Trinajstić information content (AvgIpc) is 2.67. The van der Waals surface area contributed by atoms with Gasteiger partial charge < -0.3 is 10.6 Å². The Morgan fingerprint density at radius 2 is 1.93 bits per heavy atom. The summed E-state index contributed by atoms with van der Waals surface area (Å²) in [4.78, 5) is 29.9. The zero-order valence-electron chi connectivity index (χ0n) is 15.6. The van der Waals surface area contributed by atoms with Crippen LogP contribution in [0, 0.1) is 0 Å². The van der Waals surface area contributed by atoms with Crippen LogP contribution in [-0.4, -0.2) is 65.3 Å². The number of piperazine rings is 1. The van der Waals surface area contributed by atoms with E-state index < -0.39 is 24.7 Å². The van der Waals surface area contributed by atoms with Crippen LogP contribution < -0.4 is 16.2 Å². The lowest BCUT2D eigenvalue weighted by Gasteiger charge is -2.35. The molecule has 1 aliphatic rings. The highest BCUT2D eigenvalue weighted by atomic mass is 35.5. The number of para-hydroxylation sites is 1. The van der Waals surface area contributed by atoms with Gasteiger partial charge in [-0.05, 0) is 12.1 Å². The van der Waals surface area contributed by atoms with Crippen LogP contribution in [0.25, 0.3) is 10.9 Å². The molecule has 1 atom stereocenters. The molecule has 1 unspecified atom stereocenters. The molecule has 1 amide bonds. The Kier molecular flexibility index (Phi) is 8.00. The van der Waals surface area contributed by atoms with Crippen molar-refractivity contribution in [2.24, 2.45) is 0 Å². The fourth-order valence-electron chi connectivity index (χ4n) is 3.23. The van der Waals surface area contributed by atoms with E-state index in [-0.39, 0.29) is 44.0 Å². The number of benzene rings is 1. The average molecular weight is 434 g/mol. The van der Waals surface area contributed by atoms with E-state index in [1.54, 1.807) is 24.3 Å². The number of halogens is 4. The Balaban J connectivity index is 0.00000300. The van der Waals surface area contributed by atoms with Gasteiger partial charge in [-0.15, -0.1) is 12.4 Å². The largest absolute Gasteiger partial charge is 0.405 e. The third-order valence-corrected chi connectivity index (χ3v) is 4.77. The van der Waals surface area contributed by atoms with Crippen LogP contribution in [0.4, 0.5) is 13.2 Å². The molecule has 1 fully saturated rings. The summed E-state index contributed by atoms with van der Waals surface area (Å²) in [6.07, 6.45) is -3.19. The number of carbonyl (C=O) groups excluding carboxylic acids is 1. The van der Waals surface area contributed by atoms with Gasteiger partial charge in [0.05, 0.1) is 17.2 Å². The van der Waals surface area contributed by atoms with Crippen LogP contribution in [0.15, 0.2) is 35.4 Å². The molecule has 1 aliphatic heterocycles. The summed E-state index contributed by atoms with van der Waals surface area (Å²) >= 11 is 0. The summed E-state index contributed by atoms with van der Waals surface area (Å²) in [5, 5.41) is 5.80. The van der Waals surface area contributed by atoms with Gasteiger partial charge in [0.25, 0.3) is 5.56 Å². The normalized spacial score (nSPS) is 16.2. The van der Waals surface area contributed by atoms with Gasteiger partial charge in [-0.2, -0.15) is 13.2 Å². The Labute approximate surface area is 171 Å². The van der Waals surface area contributed by atoms with Crippen molar-refractivity contribution in [3.05, 3.63) is 40.9 Å². The lowest BCUT2D eigenvalue weighted by Crippen LogP contribution is -2.57. The first-order valence-electron chi connectivity index (χ1n) is 9.08. The number of hydrogen-bond acceptors (Lipinski definition) is 5. The predicted octanol–water partition coefficient (Wildman–Crippen LogP) is 1.16. The number of nitrogens with one attached hydrogen (secondary N) is 2. The molecule has 1 saturated heterocycles. The fourth-order valence-corrected chi connectivity index (χ4v) is 3.23. The number of aromatic nitrogens is 2. The summed E-state index contributed by atoms with van der Waals surface area (Å²) in [6, 6.07) is 5.12. The minimum Gasteiger partial charge on any atom is -0.354 e. The summed E-state index contributed by atoms with van der Waals surface area (Å²) in [6.45, 7) is 1.06. The predicted molar refractivity (Wildman–Crippen MR) is 105 cm³/mol. The lowest BCUT2D eigenvalue weighted by atomic mass is 10.2. The Hall–Kier alpha value is -2.17. The van der Waals surface area contributed by atoms with Gasteiger partial charge in [0.2, 0.25) is 5.91 Å². The standard InChI is InChI=1S/C18H22F3N5O2.ClH/c19-18(20,21)15(25-9-6-22-7-10-25)11-23-16(27)5-8-26-12-24-14-4-2-1-3-13(14)17(26)28;/h1-4,12,15,22H,5-11H2,(H,23,27);1H. The quantitative estimate of drug-likeness (QED) is 0.714. The Morgan fingerprint density at radius 1 is 1.24 bits per heavy atom. The number of fused-ring (bicyclic) bond motifs is 1. The van der Waals surface area contributed by atoms with Crippen molar-refractivity contribution in [2.45, 2.75) is 25.2 Å². The maximum atomic E-state index is 13.3. The molecule has 7 nitrogen and oxygen atoms in total. The number of rotatable bonds is 6.